The Labute approximate surface area is 97.7 Å². The van der Waals surface area contributed by atoms with Crippen LogP contribution in [-0.4, -0.2) is 27.2 Å². The molecule has 1 aromatic rings. The highest BCUT2D eigenvalue weighted by Crippen LogP contribution is 2.21. The van der Waals surface area contributed by atoms with E-state index in [1.54, 1.807) is 18.2 Å². The van der Waals surface area contributed by atoms with E-state index in [1.165, 1.54) is 6.07 Å². The average Bonchev–Trinajstić information content (AvgIpc) is 2.26. The Hall–Kier alpha value is -1.50. The minimum Gasteiger partial charge on any atom is -0.389 e. The second-order valence-electron chi connectivity index (χ2n) is 3.24. The van der Waals surface area contributed by atoms with Crippen molar-refractivity contribution in [1.29, 1.82) is 0 Å². The second kappa shape index (κ2) is 5.02. The molecule has 0 bridgehead atoms. The molecule has 86 valence electrons. The van der Waals surface area contributed by atoms with E-state index in [4.69, 9.17) is 23.7 Å². The summed E-state index contributed by atoms with van der Waals surface area (Å²) in [6.45, 7) is 0. The molecule has 6 N–H and O–H groups in total. The molecule has 0 aromatic heterocycles. The summed E-state index contributed by atoms with van der Waals surface area (Å²) in [5.41, 5.74) is 11.0. The summed E-state index contributed by atoms with van der Waals surface area (Å²) >= 11 is 4.79. The third-order valence-corrected chi connectivity index (χ3v) is 2.36. The molecular formula is C10H12N2O3S. The fourth-order valence-electron chi connectivity index (χ4n) is 1.30. The van der Waals surface area contributed by atoms with Gasteiger partial charge in [0.1, 0.15) is 11.1 Å². The molecular weight excluding hydrogens is 228 g/mol. The number of thiocarbonyl (C=S) groups is 1. The molecule has 0 saturated heterocycles. The maximum Gasteiger partial charge on any atom is 0.249 e. The Bertz CT molecular complexity index is 422. The first-order valence-corrected chi connectivity index (χ1v) is 4.90. The highest BCUT2D eigenvalue weighted by atomic mass is 32.1. The van der Waals surface area contributed by atoms with Crippen LogP contribution in [0.5, 0.6) is 0 Å². The molecule has 5 nitrogen and oxygen atoms in total. The number of aliphatic hydroxyl groups excluding tert-OH is 2. The van der Waals surface area contributed by atoms with Crippen LogP contribution in [0.1, 0.15) is 17.2 Å². The number of carbonyl (C=O) groups excluding carboxylic acids is 1. The van der Waals surface area contributed by atoms with Gasteiger partial charge in [-0.15, -0.1) is 0 Å². The maximum absolute atomic E-state index is 10.7. The van der Waals surface area contributed by atoms with Crippen molar-refractivity contribution in [3.63, 3.8) is 0 Å². The summed E-state index contributed by atoms with van der Waals surface area (Å²) in [6.07, 6.45) is -3.12. The van der Waals surface area contributed by atoms with Crippen molar-refractivity contribution in [3.8, 4) is 0 Å². The summed E-state index contributed by atoms with van der Waals surface area (Å²) in [4.78, 5) is 10.8. The minimum absolute atomic E-state index is 0.0753. The van der Waals surface area contributed by atoms with Gasteiger partial charge in [0.25, 0.3) is 0 Å². The summed E-state index contributed by atoms with van der Waals surface area (Å²) in [5.74, 6) is -1.01. The normalized spacial score (nSPS) is 14.1. The molecule has 0 fully saturated rings. The number of hydrogen-bond acceptors (Lipinski definition) is 4. The SMILES string of the molecule is NC(=O)C(O)C(O)c1ccccc1C(N)=S. The zero-order valence-corrected chi connectivity index (χ0v) is 9.15. The van der Waals surface area contributed by atoms with Crippen molar-refractivity contribution in [2.24, 2.45) is 11.5 Å². The van der Waals surface area contributed by atoms with Crippen molar-refractivity contribution in [1.82, 2.24) is 0 Å². The summed E-state index contributed by atoms with van der Waals surface area (Å²) in [5, 5.41) is 19.1. The summed E-state index contributed by atoms with van der Waals surface area (Å²) in [7, 11) is 0. The molecule has 0 aliphatic rings. The van der Waals surface area contributed by atoms with Crippen molar-refractivity contribution in [2.75, 3.05) is 0 Å². The summed E-state index contributed by atoms with van der Waals surface area (Å²) < 4.78 is 0. The molecule has 16 heavy (non-hydrogen) atoms. The van der Waals surface area contributed by atoms with E-state index < -0.39 is 18.1 Å². The van der Waals surface area contributed by atoms with Crippen molar-refractivity contribution in [2.45, 2.75) is 12.2 Å². The molecule has 0 spiro atoms. The van der Waals surface area contributed by atoms with Gasteiger partial charge >= 0.3 is 0 Å². The van der Waals surface area contributed by atoms with Crippen LogP contribution in [0.4, 0.5) is 0 Å². The molecule has 6 heteroatoms. The van der Waals surface area contributed by atoms with E-state index in [2.05, 4.69) is 0 Å². The Morgan fingerprint density at radius 2 is 1.81 bits per heavy atom. The first-order chi connectivity index (χ1) is 7.45. The van der Waals surface area contributed by atoms with Crippen LogP contribution >= 0.6 is 12.2 Å². The smallest absolute Gasteiger partial charge is 0.249 e. The van der Waals surface area contributed by atoms with E-state index in [-0.39, 0.29) is 10.6 Å². The molecule has 2 unspecified atom stereocenters. The van der Waals surface area contributed by atoms with Gasteiger partial charge in [-0.1, -0.05) is 36.5 Å². The van der Waals surface area contributed by atoms with E-state index in [0.717, 1.165) is 0 Å². The number of primary amides is 1. The third kappa shape index (κ3) is 2.54. The predicted octanol–water partition coefficient (Wildman–Crippen LogP) is -0.800. The van der Waals surface area contributed by atoms with E-state index in [9.17, 15) is 15.0 Å². The molecule has 0 aliphatic carbocycles. The Balaban J connectivity index is 3.12. The molecule has 0 aliphatic heterocycles. The highest BCUT2D eigenvalue weighted by Gasteiger charge is 2.25. The number of carbonyl (C=O) groups is 1. The summed E-state index contributed by atoms with van der Waals surface area (Å²) in [6, 6.07) is 6.43. The first kappa shape index (κ1) is 12.6. The number of aliphatic hydroxyl groups is 2. The number of rotatable bonds is 4. The fraction of sp³-hybridized carbons (Fsp3) is 0.200. The minimum atomic E-state index is -1.68. The molecule has 1 amide bonds. The molecule has 1 aromatic carbocycles. The Morgan fingerprint density at radius 1 is 1.25 bits per heavy atom. The number of nitrogens with two attached hydrogens (primary N) is 2. The van der Waals surface area contributed by atoms with Gasteiger partial charge in [-0.2, -0.15) is 0 Å². The van der Waals surface area contributed by atoms with Crippen molar-refractivity contribution < 1.29 is 15.0 Å². The topological polar surface area (TPSA) is 110 Å². The van der Waals surface area contributed by atoms with Crippen molar-refractivity contribution in [3.05, 3.63) is 35.4 Å². The Kier molecular flexibility index (Phi) is 3.94. The van der Waals surface area contributed by atoms with E-state index >= 15 is 0 Å². The fourth-order valence-corrected chi connectivity index (χ4v) is 1.49. The molecule has 0 saturated carbocycles. The van der Waals surface area contributed by atoms with Gasteiger partial charge in [-0.25, -0.2) is 0 Å². The van der Waals surface area contributed by atoms with Gasteiger partial charge < -0.3 is 21.7 Å². The van der Waals surface area contributed by atoms with Crippen LogP contribution in [0, 0.1) is 0 Å². The van der Waals surface area contributed by atoms with Crippen LogP contribution in [0.25, 0.3) is 0 Å². The third-order valence-electron chi connectivity index (χ3n) is 2.14. The van der Waals surface area contributed by atoms with Gasteiger partial charge in [-0.3, -0.25) is 4.79 Å². The van der Waals surface area contributed by atoms with Gasteiger partial charge in [-0.05, 0) is 5.56 Å². The number of hydrogen-bond donors (Lipinski definition) is 4. The molecule has 0 radical (unpaired) electrons. The van der Waals surface area contributed by atoms with Crippen molar-refractivity contribution >= 4 is 23.1 Å². The quantitative estimate of drug-likeness (QED) is 0.515. The lowest BCUT2D eigenvalue weighted by Gasteiger charge is -2.17. The van der Waals surface area contributed by atoms with Gasteiger partial charge in [0.2, 0.25) is 5.91 Å². The molecule has 2 atom stereocenters. The van der Waals surface area contributed by atoms with Crippen LogP contribution in [0.15, 0.2) is 24.3 Å². The molecule has 1 rings (SSSR count). The van der Waals surface area contributed by atoms with E-state index in [0.29, 0.717) is 5.56 Å². The second-order valence-corrected chi connectivity index (χ2v) is 3.68. The lowest BCUT2D eigenvalue weighted by molar-refractivity contribution is -0.131. The lowest BCUT2D eigenvalue weighted by atomic mass is 9.98. The van der Waals surface area contributed by atoms with Gasteiger partial charge in [0.15, 0.2) is 6.10 Å². The number of amides is 1. The van der Waals surface area contributed by atoms with Gasteiger partial charge in [0.05, 0.1) is 0 Å². The number of benzene rings is 1. The zero-order chi connectivity index (χ0) is 12.3. The van der Waals surface area contributed by atoms with E-state index in [1.807, 2.05) is 0 Å². The van der Waals surface area contributed by atoms with Crippen LogP contribution in [-0.2, 0) is 4.79 Å². The monoisotopic (exact) mass is 240 g/mol. The standard InChI is InChI=1S/C10H12N2O3S/c11-9(15)8(14)7(13)5-3-1-2-4-6(5)10(12)16/h1-4,7-8,13-14H,(H2,11,15)(H2,12,16). The predicted molar refractivity (Wildman–Crippen MR) is 62.5 cm³/mol. The zero-order valence-electron chi connectivity index (χ0n) is 8.33. The maximum atomic E-state index is 10.7. The average molecular weight is 240 g/mol. The van der Waals surface area contributed by atoms with Gasteiger partial charge in [0, 0.05) is 5.56 Å². The van der Waals surface area contributed by atoms with Crippen LogP contribution < -0.4 is 11.5 Å². The molecule has 0 heterocycles. The van der Waals surface area contributed by atoms with Crippen LogP contribution in [0.2, 0.25) is 0 Å². The Morgan fingerprint density at radius 3 is 2.31 bits per heavy atom. The van der Waals surface area contributed by atoms with Crippen LogP contribution in [0.3, 0.4) is 0 Å². The first-order valence-electron chi connectivity index (χ1n) is 4.49. The largest absolute Gasteiger partial charge is 0.389 e. The lowest BCUT2D eigenvalue weighted by Crippen LogP contribution is -2.34. The highest BCUT2D eigenvalue weighted by molar-refractivity contribution is 7.80.